The zero-order valence-electron chi connectivity index (χ0n) is 9.78. The first-order valence-electron chi connectivity index (χ1n) is 5.13. The molecule has 0 atom stereocenters. The van der Waals surface area contributed by atoms with Gasteiger partial charge in [-0.25, -0.2) is 4.98 Å². The first kappa shape index (κ1) is 11.0. The molecule has 2 nitrogen and oxygen atoms in total. The van der Waals surface area contributed by atoms with Crippen molar-refractivity contribution in [1.29, 1.82) is 0 Å². The number of hydrogen-bond donors (Lipinski definition) is 0. The Morgan fingerprint density at radius 1 is 1.21 bits per heavy atom. The van der Waals surface area contributed by atoms with Crippen LogP contribution in [0.4, 0.5) is 5.82 Å². The fraction of sp³-hybridized carbons (Fsp3) is 0.583. The molecule has 0 aliphatic rings. The van der Waals surface area contributed by atoms with Gasteiger partial charge in [-0.2, -0.15) is 0 Å². The molecule has 0 fully saturated rings. The molecule has 0 amide bonds. The highest BCUT2D eigenvalue weighted by Crippen LogP contribution is 2.23. The van der Waals surface area contributed by atoms with Gasteiger partial charge in [-0.15, -0.1) is 0 Å². The van der Waals surface area contributed by atoms with Crippen molar-refractivity contribution in [2.45, 2.75) is 46.2 Å². The van der Waals surface area contributed by atoms with Crippen LogP contribution in [0.3, 0.4) is 0 Å². The molecule has 14 heavy (non-hydrogen) atoms. The summed E-state index contributed by atoms with van der Waals surface area (Å²) >= 11 is 0. The van der Waals surface area contributed by atoms with Crippen LogP contribution in [-0.2, 0) is 0 Å². The van der Waals surface area contributed by atoms with Crippen LogP contribution in [0.5, 0.6) is 0 Å². The summed E-state index contributed by atoms with van der Waals surface area (Å²) in [6.45, 7) is 11.0. The van der Waals surface area contributed by atoms with Crippen molar-refractivity contribution < 1.29 is 0 Å². The van der Waals surface area contributed by atoms with E-state index in [-0.39, 0.29) is 5.54 Å². The predicted octanol–water partition coefficient (Wildman–Crippen LogP) is 3.09. The number of hydrogen-bond acceptors (Lipinski definition) is 2. The molecule has 0 bridgehead atoms. The topological polar surface area (TPSA) is 16.1 Å². The number of pyridine rings is 1. The molecule has 1 aromatic rings. The van der Waals surface area contributed by atoms with E-state index in [1.54, 1.807) is 0 Å². The van der Waals surface area contributed by atoms with Gasteiger partial charge in [-0.3, -0.25) is 0 Å². The lowest BCUT2D eigenvalue weighted by Gasteiger charge is -2.40. The lowest BCUT2D eigenvalue weighted by Crippen LogP contribution is -2.46. The summed E-state index contributed by atoms with van der Waals surface area (Å²) in [5.74, 6) is 1.05. The number of aromatic nitrogens is 1. The third kappa shape index (κ3) is 2.47. The Morgan fingerprint density at radius 3 is 2.21 bits per heavy atom. The maximum Gasteiger partial charge on any atom is 0.129 e. The smallest absolute Gasteiger partial charge is 0.129 e. The highest BCUT2D eigenvalue weighted by atomic mass is 15.3. The minimum absolute atomic E-state index is 0.114. The summed E-state index contributed by atoms with van der Waals surface area (Å²) in [7, 11) is 0. The van der Waals surface area contributed by atoms with Gasteiger partial charge in [-0.1, -0.05) is 6.07 Å². The monoisotopic (exact) mass is 192 g/mol. The van der Waals surface area contributed by atoms with Gasteiger partial charge in [0.1, 0.15) is 5.82 Å². The van der Waals surface area contributed by atoms with Crippen LogP contribution in [-0.4, -0.2) is 16.6 Å². The molecule has 2 heteroatoms. The van der Waals surface area contributed by atoms with Crippen molar-refractivity contribution >= 4 is 5.82 Å². The number of anilines is 1. The second-order valence-corrected chi connectivity index (χ2v) is 4.82. The fourth-order valence-corrected chi connectivity index (χ4v) is 1.88. The molecule has 0 saturated heterocycles. The second kappa shape index (κ2) is 3.99. The second-order valence-electron chi connectivity index (χ2n) is 4.82. The summed E-state index contributed by atoms with van der Waals surface area (Å²) in [6.07, 6.45) is 1.84. The number of nitrogens with zero attached hydrogens (tertiary/aromatic N) is 2. The van der Waals surface area contributed by atoms with Crippen LogP contribution in [0, 0.1) is 0 Å². The Labute approximate surface area is 87.0 Å². The molecule has 0 radical (unpaired) electrons. The van der Waals surface area contributed by atoms with Gasteiger partial charge in [-0.05, 0) is 46.8 Å². The highest BCUT2D eigenvalue weighted by molar-refractivity contribution is 5.41. The van der Waals surface area contributed by atoms with Crippen LogP contribution in [0.2, 0.25) is 0 Å². The van der Waals surface area contributed by atoms with Crippen LogP contribution < -0.4 is 4.90 Å². The van der Waals surface area contributed by atoms with Gasteiger partial charge < -0.3 is 4.90 Å². The SMILES string of the molecule is CC(C)N(c1ccccn1)C(C)(C)C. The Balaban J connectivity index is 3.02. The van der Waals surface area contributed by atoms with E-state index in [1.807, 2.05) is 18.3 Å². The van der Waals surface area contributed by atoms with Crippen LogP contribution in [0.25, 0.3) is 0 Å². The summed E-state index contributed by atoms with van der Waals surface area (Å²) in [5, 5.41) is 0. The van der Waals surface area contributed by atoms with E-state index in [0.29, 0.717) is 6.04 Å². The maximum atomic E-state index is 4.39. The van der Waals surface area contributed by atoms with E-state index in [2.05, 4.69) is 50.6 Å². The molecule has 0 N–H and O–H groups in total. The minimum Gasteiger partial charge on any atom is -0.349 e. The molecule has 0 saturated carbocycles. The van der Waals surface area contributed by atoms with Gasteiger partial charge in [0.2, 0.25) is 0 Å². The van der Waals surface area contributed by atoms with Gasteiger partial charge in [0, 0.05) is 17.8 Å². The molecule has 0 aliphatic heterocycles. The summed E-state index contributed by atoms with van der Waals surface area (Å²) < 4.78 is 0. The predicted molar refractivity (Wildman–Crippen MR) is 61.6 cm³/mol. The van der Waals surface area contributed by atoms with Gasteiger partial charge >= 0.3 is 0 Å². The molecule has 78 valence electrons. The van der Waals surface area contributed by atoms with Crippen molar-refractivity contribution in [2.24, 2.45) is 0 Å². The molecule has 0 aliphatic carbocycles. The van der Waals surface area contributed by atoms with E-state index in [9.17, 15) is 0 Å². The molecule has 0 spiro atoms. The van der Waals surface area contributed by atoms with Crippen LogP contribution in [0.15, 0.2) is 24.4 Å². The molecule has 1 heterocycles. The third-order valence-electron chi connectivity index (χ3n) is 2.14. The normalized spacial score (nSPS) is 11.9. The third-order valence-corrected chi connectivity index (χ3v) is 2.14. The molecular weight excluding hydrogens is 172 g/mol. The Hall–Kier alpha value is -1.05. The van der Waals surface area contributed by atoms with Crippen LogP contribution in [0.1, 0.15) is 34.6 Å². The maximum absolute atomic E-state index is 4.39. The Kier molecular flexibility index (Phi) is 3.14. The van der Waals surface area contributed by atoms with Crippen LogP contribution >= 0.6 is 0 Å². The number of rotatable bonds is 2. The minimum atomic E-state index is 0.114. The lowest BCUT2D eigenvalue weighted by atomic mass is 10.0. The average Bonchev–Trinajstić information content (AvgIpc) is 2.02. The van der Waals surface area contributed by atoms with Gasteiger partial charge in [0.05, 0.1) is 0 Å². The molecule has 0 aromatic carbocycles. The average molecular weight is 192 g/mol. The highest BCUT2D eigenvalue weighted by Gasteiger charge is 2.24. The van der Waals surface area contributed by atoms with Gasteiger partial charge in [0.25, 0.3) is 0 Å². The van der Waals surface area contributed by atoms with Gasteiger partial charge in [0.15, 0.2) is 0 Å². The standard InChI is InChI=1S/C12H20N2/c1-10(2)14(12(3,4)5)11-8-6-7-9-13-11/h6-10H,1-5H3. The molecule has 1 rings (SSSR count). The Bertz CT molecular complexity index is 272. The summed E-state index contributed by atoms with van der Waals surface area (Å²) in [6, 6.07) is 6.50. The van der Waals surface area contributed by atoms with Crippen molar-refractivity contribution in [1.82, 2.24) is 4.98 Å². The summed E-state index contributed by atoms with van der Waals surface area (Å²) in [5.41, 5.74) is 0.114. The molecular formula is C12H20N2. The van der Waals surface area contributed by atoms with Crippen molar-refractivity contribution in [3.8, 4) is 0 Å². The zero-order valence-corrected chi connectivity index (χ0v) is 9.78. The van der Waals surface area contributed by atoms with Crippen molar-refractivity contribution in [3.05, 3.63) is 24.4 Å². The Morgan fingerprint density at radius 2 is 1.86 bits per heavy atom. The van der Waals surface area contributed by atoms with Crippen molar-refractivity contribution in [2.75, 3.05) is 4.90 Å². The van der Waals surface area contributed by atoms with E-state index in [4.69, 9.17) is 0 Å². The first-order valence-corrected chi connectivity index (χ1v) is 5.13. The largest absolute Gasteiger partial charge is 0.349 e. The zero-order chi connectivity index (χ0) is 10.8. The van der Waals surface area contributed by atoms with E-state index in [1.165, 1.54) is 0 Å². The summed E-state index contributed by atoms with van der Waals surface area (Å²) in [4.78, 5) is 6.72. The lowest BCUT2D eigenvalue weighted by molar-refractivity contribution is 0.460. The van der Waals surface area contributed by atoms with Crippen molar-refractivity contribution in [3.63, 3.8) is 0 Å². The quantitative estimate of drug-likeness (QED) is 0.715. The molecule has 1 aromatic heterocycles. The first-order chi connectivity index (χ1) is 6.43. The van der Waals surface area contributed by atoms with E-state index >= 15 is 0 Å². The van der Waals surface area contributed by atoms with E-state index in [0.717, 1.165) is 5.82 Å². The fourth-order valence-electron chi connectivity index (χ4n) is 1.88. The van der Waals surface area contributed by atoms with E-state index < -0.39 is 0 Å². The molecule has 0 unspecified atom stereocenters.